The molecule has 0 bridgehead atoms. The molecule has 0 radical (unpaired) electrons. The lowest BCUT2D eigenvalue weighted by Gasteiger charge is -2.24. The van der Waals surface area contributed by atoms with E-state index in [1.165, 1.54) is 4.90 Å². The number of carbonyl (C=O) groups is 2. The van der Waals surface area contributed by atoms with Crippen LogP contribution in [-0.2, 0) is 14.3 Å². The lowest BCUT2D eigenvalue weighted by molar-refractivity contribution is -0.136. The highest BCUT2D eigenvalue weighted by atomic mass is 16.5. The molecule has 1 aromatic carbocycles. The molecule has 1 aromatic rings. The number of amides is 1. The Balaban J connectivity index is 2.13. The van der Waals surface area contributed by atoms with Gasteiger partial charge in [-0.2, -0.15) is 0 Å². The average molecular weight is 263 g/mol. The fourth-order valence-corrected chi connectivity index (χ4v) is 2.13. The summed E-state index contributed by atoms with van der Waals surface area (Å²) in [6, 6.07) is 9.11. The number of hydrogen-bond donors (Lipinski definition) is 1. The first kappa shape index (κ1) is 13.5. The second kappa shape index (κ2) is 6.33. The van der Waals surface area contributed by atoms with Gasteiger partial charge in [-0.05, 0) is 25.0 Å². The smallest absolute Gasteiger partial charge is 0.305 e. The van der Waals surface area contributed by atoms with Gasteiger partial charge in [0.1, 0.15) is 6.10 Å². The molecule has 19 heavy (non-hydrogen) atoms. The van der Waals surface area contributed by atoms with Crippen molar-refractivity contribution in [3.63, 3.8) is 0 Å². The van der Waals surface area contributed by atoms with E-state index in [2.05, 4.69) is 0 Å². The third-order valence-electron chi connectivity index (χ3n) is 3.09. The zero-order valence-electron chi connectivity index (χ0n) is 10.6. The molecule has 1 saturated heterocycles. The largest absolute Gasteiger partial charge is 0.481 e. The predicted molar refractivity (Wildman–Crippen MR) is 70.0 cm³/mol. The molecule has 0 aliphatic carbocycles. The van der Waals surface area contributed by atoms with Crippen LogP contribution in [0.25, 0.3) is 0 Å². The summed E-state index contributed by atoms with van der Waals surface area (Å²) in [6.45, 7) is 0.760. The monoisotopic (exact) mass is 263 g/mol. The highest BCUT2D eigenvalue weighted by molar-refractivity contribution is 5.97. The molecule has 0 saturated carbocycles. The highest BCUT2D eigenvalue weighted by Gasteiger charge is 2.29. The van der Waals surface area contributed by atoms with Crippen molar-refractivity contribution in [2.24, 2.45) is 0 Å². The number of anilines is 1. The van der Waals surface area contributed by atoms with Gasteiger partial charge in [-0.15, -0.1) is 0 Å². The van der Waals surface area contributed by atoms with Gasteiger partial charge in [-0.3, -0.25) is 9.59 Å². The molecule has 102 valence electrons. The summed E-state index contributed by atoms with van der Waals surface area (Å²) in [7, 11) is 0. The molecule has 1 aliphatic heterocycles. The molecule has 1 fully saturated rings. The molecule has 0 aromatic heterocycles. The van der Waals surface area contributed by atoms with Crippen LogP contribution in [0.15, 0.2) is 30.3 Å². The maximum atomic E-state index is 12.4. The van der Waals surface area contributed by atoms with Gasteiger partial charge in [-0.25, -0.2) is 0 Å². The van der Waals surface area contributed by atoms with Crippen molar-refractivity contribution >= 4 is 17.6 Å². The molecule has 1 unspecified atom stereocenters. The molecular weight excluding hydrogens is 246 g/mol. The van der Waals surface area contributed by atoms with Crippen LogP contribution in [0, 0.1) is 0 Å². The van der Waals surface area contributed by atoms with Crippen LogP contribution < -0.4 is 4.90 Å². The molecule has 0 spiro atoms. The van der Waals surface area contributed by atoms with Crippen LogP contribution in [0.2, 0.25) is 0 Å². The van der Waals surface area contributed by atoms with Crippen LogP contribution in [0.1, 0.15) is 19.3 Å². The van der Waals surface area contributed by atoms with E-state index in [0.29, 0.717) is 18.7 Å². The number of hydrogen-bond acceptors (Lipinski definition) is 3. The van der Waals surface area contributed by atoms with Gasteiger partial charge in [0.25, 0.3) is 5.91 Å². The Morgan fingerprint density at radius 3 is 2.63 bits per heavy atom. The van der Waals surface area contributed by atoms with E-state index in [9.17, 15) is 9.59 Å². The van der Waals surface area contributed by atoms with Crippen LogP contribution in [0.5, 0.6) is 0 Å². The van der Waals surface area contributed by atoms with E-state index < -0.39 is 12.1 Å². The molecular formula is C14H17NO4. The van der Waals surface area contributed by atoms with Crippen LogP contribution in [0.3, 0.4) is 0 Å². The number of aliphatic carboxylic acids is 1. The Bertz CT molecular complexity index is 440. The molecule has 1 heterocycles. The minimum Gasteiger partial charge on any atom is -0.481 e. The Hall–Kier alpha value is -1.88. The summed E-state index contributed by atoms with van der Waals surface area (Å²) in [6.07, 6.45) is 1.06. The summed E-state index contributed by atoms with van der Waals surface area (Å²) in [4.78, 5) is 24.6. The number of carboxylic acid groups (broad SMARTS) is 1. The second-order valence-corrected chi connectivity index (χ2v) is 4.47. The summed E-state index contributed by atoms with van der Waals surface area (Å²) in [5.74, 6) is -1.06. The van der Waals surface area contributed by atoms with Gasteiger partial charge in [0.2, 0.25) is 0 Å². The molecule has 1 atom stereocenters. The molecule has 2 rings (SSSR count). The van der Waals surface area contributed by atoms with E-state index in [1.54, 1.807) is 12.1 Å². The van der Waals surface area contributed by atoms with E-state index >= 15 is 0 Å². The van der Waals surface area contributed by atoms with E-state index in [0.717, 1.165) is 6.42 Å². The van der Waals surface area contributed by atoms with Crippen LogP contribution in [0.4, 0.5) is 5.69 Å². The number of carboxylic acids is 1. The minimum absolute atomic E-state index is 0.0760. The normalized spacial score (nSPS) is 18.2. The topological polar surface area (TPSA) is 66.8 Å². The van der Waals surface area contributed by atoms with E-state index in [-0.39, 0.29) is 18.9 Å². The van der Waals surface area contributed by atoms with Gasteiger partial charge in [0.15, 0.2) is 0 Å². The average Bonchev–Trinajstić information content (AvgIpc) is 2.93. The molecule has 5 nitrogen and oxygen atoms in total. The van der Waals surface area contributed by atoms with Crippen LogP contribution >= 0.6 is 0 Å². The number of nitrogens with zero attached hydrogens (tertiary/aromatic N) is 1. The van der Waals surface area contributed by atoms with Crippen molar-refractivity contribution in [3.8, 4) is 0 Å². The Morgan fingerprint density at radius 1 is 1.32 bits per heavy atom. The lowest BCUT2D eigenvalue weighted by Crippen LogP contribution is -2.40. The zero-order valence-corrected chi connectivity index (χ0v) is 10.6. The summed E-state index contributed by atoms with van der Waals surface area (Å²) < 4.78 is 5.39. The Morgan fingerprint density at radius 2 is 2.05 bits per heavy atom. The quantitative estimate of drug-likeness (QED) is 0.877. The van der Waals surface area contributed by atoms with Crippen LogP contribution in [-0.4, -0.2) is 36.2 Å². The summed E-state index contributed by atoms with van der Waals surface area (Å²) in [5, 5.41) is 8.79. The van der Waals surface area contributed by atoms with Gasteiger partial charge < -0.3 is 14.7 Å². The van der Waals surface area contributed by atoms with E-state index in [4.69, 9.17) is 9.84 Å². The molecule has 1 N–H and O–H groups in total. The van der Waals surface area contributed by atoms with Crippen molar-refractivity contribution in [1.29, 1.82) is 0 Å². The maximum Gasteiger partial charge on any atom is 0.305 e. The van der Waals surface area contributed by atoms with Gasteiger partial charge in [-0.1, -0.05) is 18.2 Å². The third kappa shape index (κ3) is 3.54. The molecule has 5 heteroatoms. The highest BCUT2D eigenvalue weighted by Crippen LogP contribution is 2.20. The lowest BCUT2D eigenvalue weighted by atomic mass is 10.2. The summed E-state index contributed by atoms with van der Waals surface area (Å²) >= 11 is 0. The van der Waals surface area contributed by atoms with Crippen molar-refractivity contribution in [1.82, 2.24) is 0 Å². The fourth-order valence-electron chi connectivity index (χ4n) is 2.13. The van der Waals surface area contributed by atoms with Crippen molar-refractivity contribution in [2.75, 3.05) is 18.1 Å². The van der Waals surface area contributed by atoms with Gasteiger partial charge >= 0.3 is 5.97 Å². The fraction of sp³-hybridized carbons (Fsp3) is 0.429. The van der Waals surface area contributed by atoms with Crippen molar-refractivity contribution < 1.29 is 19.4 Å². The first-order valence-electron chi connectivity index (χ1n) is 6.38. The maximum absolute atomic E-state index is 12.4. The second-order valence-electron chi connectivity index (χ2n) is 4.47. The number of rotatable bonds is 5. The van der Waals surface area contributed by atoms with Crippen molar-refractivity contribution in [2.45, 2.75) is 25.4 Å². The van der Waals surface area contributed by atoms with Gasteiger partial charge in [0, 0.05) is 18.8 Å². The standard InChI is InChI=1S/C14H17NO4/c16-13(17)8-9-15(11-5-2-1-3-6-11)14(18)12-7-4-10-19-12/h1-3,5-6,12H,4,7-10H2,(H,16,17). The van der Waals surface area contributed by atoms with Gasteiger partial charge in [0.05, 0.1) is 6.42 Å². The first-order chi connectivity index (χ1) is 9.18. The molecule has 1 aliphatic rings. The van der Waals surface area contributed by atoms with Crippen molar-refractivity contribution in [3.05, 3.63) is 30.3 Å². The number of carbonyl (C=O) groups excluding carboxylic acids is 1. The summed E-state index contributed by atoms with van der Waals surface area (Å²) in [5.41, 5.74) is 0.712. The molecule has 1 amide bonds. The Labute approximate surface area is 111 Å². The minimum atomic E-state index is -0.916. The number of para-hydroxylation sites is 1. The number of benzene rings is 1. The SMILES string of the molecule is O=C(O)CCN(C(=O)C1CCCO1)c1ccccc1. The number of ether oxygens (including phenoxy) is 1. The third-order valence-corrected chi connectivity index (χ3v) is 3.09. The first-order valence-corrected chi connectivity index (χ1v) is 6.38. The Kier molecular flexibility index (Phi) is 4.52. The predicted octanol–water partition coefficient (Wildman–Crippen LogP) is 1.67. The zero-order chi connectivity index (χ0) is 13.7. The van der Waals surface area contributed by atoms with E-state index in [1.807, 2.05) is 18.2 Å².